The highest BCUT2D eigenvalue weighted by Crippen LogP contribution is 1.99. The minimum absolute atomic E-state index is 0.138. The topological polar surface area (TPSA) is 175 Å². The number of hydrogen-bond acceptors (Lipinski definition) is 6. The van der Waals surface area contributed by atoms with Gasteiger partial charge in [0.1, 0.15) is 11.8 Å². The Morgan fingerprint density at radius 3 is 1.78 bits per heavy atom. The Bertz CT molecular complexity index is 585. The molecule has 2 rings (SSSR count). The van der Waals surface area contributed by atoms with E-state index < -0.39 is 24.4 Å². The molecule has 0 unspecified atom stereocenters. The molecule has 0 aliphatic rings. The Labute approximate surface area is 130 Å². The fourth-order valence-electron chi connectivity index (χ4n) is 1.53. The van der Waals surface area contributed by atoms with Gasteiger partial charge in [-0.3, -0.25) is 24.6 Å². The molecule has 2 heterocycles. The van der Waals surface area contributed by atoms with E-state index in [1.165, 1.54) is 0 Å². The summed E-state index contributed by atoms with van der Waals surface area (Å²) >= 11 is 0. The van der Waals surface area contributed by atoms with Gasteiger partial charge in [-0.25, -0.2) is 0 Å². The van der Waals surface area contributed by atoms with Gasteiger partial charge in [0, 0.05) is 36.6 Å². The first kappa shape index (κ1) is 18.0. The van der Waals surface area contributed by atoms with Crippen molar-refractivity contribution >= 4 is 17.7 Å². The average Bonchev–Trinajstić information content (AvgIpc) is 3.12. The van der Waals surface area contributed by atoms with Gasteiger partial charge in [0.2, 0.25) is 0 Å². The maximum Gasteiger partial charge on any atom is 0.321 e. The summed E-state index contributed by atoms with van der Waals surface area (Å²) in [6, 6.07) is 2.30. The molecular weight excluding hydrogens is 306 g/mol. The van der Waals surface area contributed by atoms with Crippen LogP contribution in [0, 0.1) is 0 Å². The minimum atomic E-state index is -1.29. The predicted octanol–water partition coefficient (Wildman–Crippen LogP) is -0.640. The highest BCUT2D eigenvalue weighted by atomic mass is 16.4. The number of H-pyrrole nitrogens is 2. The van der Waals surface area contributed by atoms with Crippen LogP contribution in [-0.2, 0) is 27.2 Å². The van der Waals surface area contributed by atoms with Gasteiger partial charge in [-0.15, -0.1) is 0 Å². The normalized spacial score (nSPS) is 11.2. The molecule has 0 saturated heterocycles. The SMILES string of the molecule is N[C@@H](CC(=O)O)C(=O)O.O=C(Cc1ccn[nH]1)Cc1ccn[nH]1. The average molecular weight is 323 g/mol. The molecule has 2 aromatic heterocycles. The van der Waals surface area contributed by atoms with E-state index in [4.69, 9.17) is 15.9 Å². The number of hydrogen-bond donors (Lipinski definition) is 5. The fraction of sp³-hybridized carbons (Fsp3) is 0.308. The van der Waals surface area contributed by atoms with Gasteiger partial charge in [0.05, 0.1) is 6.42 Å². The molecule has 1 atom stereocenters. The molecule has 0 amide bonds. The molecule has 0 aromatic carbocycles. The molecule has 0 aliphatic carbocycles. The van der Waals surface area contributed by atoms with Crippen molar-refractivity contribution in [3.05, 3.63) is 35.9 Å². The fourth-order valence-corrected chi connectivity index (χ4v) is 1.53. The summed E-state index contributed by atoms with van der Waals surface area (Å²) in [7, 11) is 0. The van der Waals surface area contributed by atoms with Crippen LogP contribution in [-0.4, -0.2) is 54.4 Å². The van der Waals surface area contributed by atoms with Gasteiger partial charge in [-0.2, -0.15) is 10.2 Å². The third-order valence-corrected chi connectivity index (χ3v) is 2.60. The monoisotopic (exact) mass is 323 g/mol. The molecule has 0 fully saturated rings. The smallest absolute Gasteiger partial charge is 0.321 e. The lowest BCUT2D eigenvalue weighted by Gasteiger charge is -1.99. The number of ketones is 1. The Morgan fingerprint density at radius 2 is 1.52 bits per heavy atom. The molecule has 6 N–H and O–H groups in total. The van der Waals surface area contributed by atoms with Crippen LogP contribution in [0.25, 0.3) is 0 Å². The van der Waals surface area contributed by atoms with Crippen LogP contribution in [0.3, 0.4) is 0 Å². The molecule has 0 spiro atoms. The van der Waals surface area contributed by atoms with Crippen LogP contribution < -0.4 is 5.73 Å². The number of aliphatic carboxylic acids is 2. The Morgan fingerprint density at radius 1 is 1.04 bits per heavy atom. The van der Waals surface area contributed by atoms with Crippen molar-refractivity contribution in [2.45, 2.75) is 25.3 Å². The van der Waals surface area contributed by atoms with Crippen molar-refractivity contribution < 1.29 is 24.6 Å². The first-order valence-electron chi connectivity index (χ1n) is 6.57. The number of carbonyl (C=O) groups is 3. The van der Waals surface area contributed by atoms with Crippen LogP contribution in [0.4, 0.5) is 0 Å². The van der Waals surface area contributed by atoms with Crippen molar-refractivity contribution in [1.82, 2.24) is 20.4 Å². The van der Waals surface area contributed by atoms with Gasteiger partial charge in [0.15, 0.2) is 0 Å². The quantitative estimate of drug-likeness (QED) is 0.447. The zero-order valence-corrected chi connectivity index (χ0v) is 12.1. The summed E-state index contributed by atoms with van der Waals surface area (Å²) in [6.07, 6.45) is 3.52. The number of nitrogens with zero attached hydrogens (tertiary/aromatic N) is 2. The third kappa shape index (κ3) is 7.52. The number of carboxylic acid groups (broad SMARTS) is 2. The summed E-state index contributed by atoms with van der Waals surface area (Å²) in [5, 5.41) is 29.1. The van der Waals surface area contributed by atoms with Crippen molar-refractivity contribution in [3.8, 4) is 0 Å². The van der Waals surface area contributed by atoms with E-state index in [2.05, 4.69) is 20.4 Å². The van der Waals surface area contributed by atoms with Crippen molar-refractivity contribution in [3.63, 3.8) is 0 Å². The summed E-state index contributed by atoms with van der Waals surface area (Å²) < 4.78 is 0. The Hall–Kier alpha value is -3.01. The molecule has 2 aromatic rings. The third-order valence-electron chi connectivity index (χ3n) is 2.60. The largest absolute Gasteiger partial charge is 0.481 e. The summed E-state index contributed by atoms with van der Waals surface area (Å²) in [6.45, 7) is 0. The molecule has 0 bridgehead atoms. The molecule has 10 nitrogen and oxygen atoms in total. The second-order valence-electron chi connectivity index (χ2n) is 4.60. The lowest BCUT2D eigenvalue weighted by Crippen LogP contribution is -2.32. The number of Topliss-reactive ketones (excluding diaryl/α,β-unsaturated/α-hetero) is 1. The van der Waals surface area contributed by atoms with Gasteiger partial charge in [-0.05, 0) is 12.1 Å². The summed E-state index contributed by atoms with van der Waals surface area (Å²) in [5.41, 5.74) is 6.52. The van der Waals surface area contributed by atoms with E-state index in [9.17, 15) is 14.4 Å². The van der Waals surface area contributed by atoms with Crippen LogP contribution in [0.2, 0.25) is 0 Å². The highest BCUT2D eigenvalue weighted by Gasteiger charge is 2.14. The molecular formula is C13H17N5O5. The zero-order chi connectivity index (χ0) is 17.2. The van der Waals surface area contributed by atoms with Gasteiger partial charge >= 0.3 is 11.9 Å². The van der Waals surface area contributed by atoms with Crippen LogP contribution >= 0.6 is 0 Å². The van der Waals surface area contributed by atoms with Crippen LogP contribution in [0.5, 0.6) is 0 Å². The van der Waals surface area contributed by atoms with E-state index in [0.29, 0.717) is 12.8 Å². The first-order chi connectivity index (χ1) is 10.9. The van der Waals surface area contributed by atoms with E-state index in [1.807, 2.05) is 0 Å². The lowest BCUT2D eigenvalue weighted by atomic mass is 10.1. The molecule has 0 radical (unpaired) electrons. The molecule has 124 valence electrons. The number of carboxylic acids is 2. The number of carbonyl (C=O) groups excluding carboxylic acids is 1. The molecule has 23 heavy (non-hydrogen) atoms. The van der Waals surface area contributed by atoms with E-state index in [0.717, 1.165) is 11.4 Å². The number of nitrogens with two attached hydrogens (primary N) is 1. The number of aromatic nitrogens is 4. The van der Waals surface area contributed by atoms with Gasteiger partial charge in [0.25, 0.3) is 0 Å². The molecule has 0 aliphatic heterocycles. The Kier molecular flexibility index (Phi) is 7.14. The van der Waals surface area contributed by atoms with E-state index in [1.54, 1.807) is 24.5 Å². The van der Waals surface area contributed by atoms with E-state index in [-0.39, 0.29) is 5.78 Å². The van der Waals surface area contributed by atoms with Crippen LogP contribution in [0.15, 0.2) is 24.5 Å². The van der Waals surface area contributed by atoms with Gasteiger partial charge < -0.3 is 15.9 Å². The Balaban J connectivity index is 0.000000257. The molecule has 10 heteroatoms. The highest BCUT2D eigenvalue weighted by molar-refractivity contribution is 5.82. The zero-order valence-electron chi connectivity index (χ0n) is 12.1. The lowest BCUT2D eigenvalue weighted by molar-refractivity contribution is -0.144. The van der Waals surface area contributed by atoms with Crippen molar-refractivity contribution in [2.24, 2.45) is 5.73 Å². The maximum absolute atomic E-state index is 11.5. The van der Waals surface area contributed by atoms with Crippen LogP contribution in [0.1, 0.15) is 17.8 Å². The number of nitrogens with one attached hydrogen (secondary N) is 2. The summed E-state index contributed by atoms with van der Waals surface area (Å²) in [5.74, 6) is -2.36. The molecule has 0 saturated carbocycles. The number of aromatic amines is 2. The van der Waals surface area contributed by atoms with Gasteiger partial charge in [-0.1, -0.05) is 0 Å². The van der Waals surface area contributed by atoms with Crippen molar-refractivity contribution in [1.29, 1.82) is 0 Å². The second-order valence-corrected chi connectivity index (χ2v) is 4.60. The summed E-state index contributed by atoms with van der Waals surface area (Å²) in [4.78, 5) is 31.1. The predicted molar refractivity (Wildman–Crippen MR) is 77.5 cm³/mol. The standard InChI is InChI=1S/C9H10N4O.C4H7NO4/c14-9(5-7-1-3-10-12-7)6-8-2-4-11-13-8;5-2(4(8)9)1-3(6)7/h1-4H,5-6H2,(H,10,12)(H,11,13);2H,1,5H2,(H,6,7)(H,8,9)/t;2-/m.0/s1. The second kappa shape index (κ2) is 9.10. The van der Waals surface area contributed by atoms with E-state index >= 15 is 0 Å². The first-order valence-corrected chi connectivity index (χ1v) is 6.57. The maximum atomic E-state index is 11.5. The number of rotatable bonds is 7. The van der Waals surface area contributed by atoms with Crippen molar-refractivity contribution in [2.75, 3.05) is 0 Å². The minimum Gasteiger partial charge on any atom is -0.481 e.